The molecule has 0 bridgehead atoms. The van der Waals surface area contributed by atoms with Gasteiger partial charge in [-0.3, -0.25) is 4.79 Å². The Hall–Kier alpha value is -1.58. The second-order valence-corrected chi connectivity index (χ2v) is 6.22. The van der Waals surface area contributed by atoms with Crippen LogP contribution in [0, 0.1) is 5.82 Å². The fourth-order valence-electron chi connectivity index (χ4n) is 2.73. The lowest BCUT2D eigenvalue weighted by Crippen LogP contribution is -2.25. The molecule has 0 unspecified atom stereocenters. The largest absolute Gasteiger partial charge is 0.334 e. The SMILES string of the molecule is O=C1c2c(Cl)cc(F)cc2CN1CCCc1ccc(Cl)cc1. The molecule has 2 nitrogen and oxygen atoms in total. The number of halogens is 3. The second-order valence-electron chi connectivity index (χ2n) is 5.38. The average molecular weight is 338 g/mol. The minimum Gasteiger partial charge on any atom is -0.334 e. The zero-order valence-corrected chi connectivity index (χ0v) is 13.3. The van der Waals surface area contributed by atoms with Gasteiger partial charge in [-0.1, -0.05) is 35.3 Å². The first-order chi connectivity index (χ1) is 10.5. The van der Waals surface area contributed by atoms with Crippen LogP contribution in [0.2, 0.25) is 10.0 Å². The molecule has 1 aliphatic heterocycles. The Balaban J connectivity index is 1.62. The summed E-state index contributed by atoms with van der Waals surface area (Å²) in [6, 6.07) is 10.3. The molecule has 1 heterocycles. The fraction of sp³-hybridized carbons (Fsp3) is 0.235. The summed E-state index contributed by atoms with van der Waals surface area (Å²) in [4.78, 5) is 14.0. The van der Waals surface area contributed by atoms with Crippen LogP contribution in [-0.4, -0.2) is 17.4 Å². The number of aryl methyl sites for hydroxylation is 1. The predicted octanol–water partition coefficient (Wildman–Crippen LogP) is 4.72. The van der Waals surface area contributed by atoms with Crippen LogP contribution in [0.3, 0.4) is 0 Å². The van der Waals surface area contributed by atoms with Crippen LogP contribution < -0.4 is 0 Å². The van der Waals surface area contributed by atoms with Crippen LogP contribution in [0.1, 0.15) is 27.9 Å². The number of hydrogen-bond acceptors (Lipinski definition) is 1. The lowest BCUT2D eigenvalue weighted by Gasteiger charge is -2.15. The molecule has 0 saturated carbocycles. The maximum Gasteiger partial charge on any atom is 0.256 e. The number of hydrogen-bond donors (Lipinski definition) is 0. The van der Waals surface area contributed by atoms with Crippen molar-refractivity contribution >= 4 is 29.1 Å². The molecule has 22 heavy (non-hydrogen) atoms. The van der Waals surface area contributed by atoms with Crippen molar-refractivity contribution in [2.75, 3.05) is 6.54 Å². The Kier molecular flexibility index (Phi) is 4.37. The maximum absolute atomic E-state index is 13.4. The first-order valence-corrected chi connectivity index (χ1v) is 7.82. The smallest absolute Gasteiger partial charge is 0.256 e. The van der Waals surface area contributed by atoms with Crippen LogP contribution in [-0.2, 0) is 13.0 Å². The van der Waals surface area contributed by atoms with Gasteiger partial charge in [-0.2, -0.15) is 0 Å². The first kappa shape index (κ1) is 15.3. The first-order valence-electron chi connectivity index (χ1n) is 7.06. The van der Waals surface area contributed by atoms with Crippen molar-refractivity contribution in [1.29, 1.82) is 0 Å². The third kappa shape index (κ3) is 3.11. The Labute approximate surface area is 138 Å². The van der Waals surface area contributed by atoms with Crippen LogP contribution in [0.5, 0.6) is 0 Å². The topological polar surface area (TPSA) is 20.3 Å². The van der Waals surface area contributed by atoms with Gasteiger partial charge < -0.3 is 4.90 Å². The van der Waals surface area contributed by atoms with Crippen molar-refractivity contribution in [3.63, 3.8) is 0 Å². The fourth-order valence-corrected chi connectivity index (χ4v) is 3.16. The summed E-state index contributed by atoms with van der Waals surface area (Å²) in [7, 11) is 0. The molecule has 3 rings (SSSR count). The summed E-state index contributed by atoms with van der Waals surface area (Å²) in [6.45, 7) is 1.04. The molecule has 1 amide bonds. The summed E-state index contributed by atoms with van der Waals surface area (Å²) in [6.07, 6.45) is 1.70. The molecular formula is C17H14Cl2FNO. The highest BCUT2D eigenvalue weighted by Gasteiger charge is 2.29. The molecule has 0 aliphatic carbocycles. The number of nitrogens with zero attached hydrogens (tertiary/aromatic N) is 1. The van der Waals surface area contributed by atoms with Gasteiger partial charge in [-0.15, -0.1) is 0 Å². The van der Waals surface area contributed by atoms with Gasteiger partial charge >= 0.3 is 0 Å². The van der Waals surface area contributed by atoms with E-state index in [0.29, 0.717) is 29.2 Å². The van der Waals surface area contributed by atoms with E-state index in [1.165, 1.54) is 17.7 Å². The van der Waals surface area contributed by atoms with E-state index in [2.05, 4.69) is 0 Å². The third-order valence-electron chi connectivity index (χ3n) is 3.81. The highest BCUT2D eigenvalue weighted by atomic mass is 35.5. The molecule has 2 aromatic carbocycles. The molecule has 2 aromatic rings. The van der Waals surface area contributed by atoms with Crippen molar-refractivity contribution in [3.05, 3.63) is 69.0 Å². The van der Waals surface area contributed by atoms with E-state index < -0.39 is 5.82 Å². The summed E-state index contributed by atoms with van der Waals surface area (Å²) in [5, 5.41) is 0.908. The molecule has 114 valence electrons. The van der Waals surface area contributed by atoms with Crippen LogP contribution in [0.25, 0.3) is 0 Å². The minimum atomic E-state index is -0.403. The van der Waals surface area contributed by atoms with E-state index >= 15 is 0 Å². The summed E-state index contributed by atoms with van der Waals surface area (Å²) >= 11 is 11.8. The molecule has 0 aromatic heterocycles. The molecule has 5 heteroatoms. The number of benzene rings is 2. The maximum atomic E-state index is 13.4. The van der Waals surface area contributed by atoms with Gasteiger partial charge in [-0.05, 0) is 48.2 Å². The summed E-state index contributed by atoms with van der Waals surface area (Å²) in [5.74, 6) is -0.518. The van der Waals surface area contributed by atoms with Gasteiger partial charge in [0.25, 0.3) is 5.91 Å². The number of amides is 1. The number of rotatable bonds is 4. The second kappa shape index (κ2) is 6.27. The lowest BCUT2D eigenvalue weighted by molar-refractivity contribution is 0.0777. The van der Waals surface area contributed by atoms with E-state index in [1.807, 2.05) is 24.3 Å². The monoisotopic (exact) mass is 337 g/mol. The van der Waals surface area contributed by atoms with Gasteiger partial charge in [0.15, 0.2) is 0 Å². The molecule has 0 N–H and O–H groups in total. The highest BCUT2D eigenvalue weighted by molar-refractivity contribution is 6.34. The molecule has 0 radical (unpaired) electrons. The van der Waals surface area contributed by atoms with Crippen LogP contribution >= 0.6 is 23.2 Å². The van der Waals surface area contributed by atoms with Gasteiger partial charge in [0, 0.05) is 18.1 Å². The minimum absolute atomic E-state index is 0.115. The third-order valence-corrected chi connectivity index (χ3v) is 4.36. The number of fused-ring (bicyclic) bond motifs is 1. The van der Waals surface area contributed by atoms with E-state index in [1.54, 1.807) is 4.90 Å². The van der Waals surface area contributed by atoms with Crippen molar-refractivity contribution in [2.45, 2.75) is 19.4 Å². The van der Waals surface area contributed by atoms with Crippen molar-refractivity contribution in [1.82, 2.24) is 4.90 Å². The Morgan fingerprint density at radius 1 is 1.14 bits per heavy atom. The van der Waals surface area contributed by atoms with Crippen LogP contribution in [0.15, 0.2) is 36.4 Å². The van der Waals surface area contributed by atoms with E-state index in [-0.39, 0.29) is 10.9 Å². The molecule has 0 atom stereocenters. The molecule has 0 fully saturated rings. The zero-order valence-electron chi connectivity index (χ0n) is 11.8. The predicted molar refractivity (Wildman–Crippen MR) is 85.9 cm³/mol. The zero-order chi connectivity index (χ0) is 15.7. The summed E-state index contributed by atoms with van der Waals surface area (Å²) in [5.41, 5.74) is 2.29. The Morgan fingerprint density at radius 3 is 2.59 bits per heavy atom. The molecular weight excluding hydrogens is 324 g/mol. The van der Waals surface area contributed by atoms with Crippen molar-refractivity contribution < 1.29 is 9.18 Å². The number of carbonyl (C=O) groups excluding carboxylic acids is 1. The van der Waals surface area contributed by atoms with E-state index in [9.17, 15) is 9.18 Å². The van der Waals surface area contributed by atoms with Gasteiger partial charge in [-0.25, -0.2) is 4.39 Å². The van der Waals surface area contributed by atoms with Gasteiger partial charge in [0.1, 0.15) is 5.82 Å². The van der Waals surface area contributed by atoms with E-state index in [0.717, 1.165) is 12.8 Å². The molecule has 1 aliphatic rings. The standard InChI is InChI=1S/C17H14Cl2FNO/c18-13-5-3-11(4-6-13)2-1-7-21-10-12-8-14(20)9-15(19)16(12)17(21)22/h3-6,8-9H,1-2,7,10H2. The Morgan fingerprint density at radius 2 is 1.86 bits per heavy atom. The lowest BCUT2D eigenvalue weighted by atomic mass is 10.1. The Bertz CT molecular complexity index is 715. The molecule has 0 saturated heterocycles. The van der Waals surface area contributed by atoms with Gasteiger partial charge in [0.05, 0.1) is 10.6 Å². The highest BCUT2D eigenvalue weighted by Crippen LogP contribution is 2.30. The number of carbonyl (C=O) groups is 1. The van der Waals surface area contributed by atoms with Gasteiger partial charge in [0.2, 0.25) is 0 Å². The normalized spacial score (nSPS) is 13.6. The summed E-state index contributed by atoms with van der Waals surface area (Å²) < 4.78 is 13.4. The average Bonchev–Trinajstić information content (AvgIpc) is 2.77. The van der Waals surface area contributed by atoms with Crippen LogP contribution in [0.4, 0.5) is 4.39 Å². The van der Waals surface area contributed by atoms with E-state index in [4.69, 9.17) is 23.2 Å². The molecule has 0 spiro atoms. The quantitative estimate of drug-likeness (QED) is 0.790. The van der Waals surface area contributed by atoms with Crippen molar-refractivity contribution in [2.24, 2.45) is 0 Å². The van der Waals surface area contributed by atoms with Crippen molar-refractivity contribution in [3.8, 4) is 0 Å².